The predicted octanol–water partition coefficient (Wildman–Crippen LogP) is 17.5. The maximum atomic E-state index is 6.41. The average molecular weight is 1680 g/mol. The lowest BCUT2D eigenvalue weighted by molar-refractivity contribution is 1.01. The van der Waals surface area contributed by atoms with Crippen LogP contribution in [-0.2, 0) is 0 Å². The van der Waals surface area contributed by atoms with Gasteiger partial charge < -0.3 is 4.57 Å². The summed E-state index contributed by atoms with van der Waals surface area (Å²) >= 11 is 0. The minimum Gasteiger partial charge on any atom is -0.309 e. The normalized spacial score (nSPS) is 12.1. The molecule has 0 N–H and O–H groups in total. The van der Waals surface area contributed by atoms with Crippen LogP contribution in [0, 0.1) is 0 Å². The molecule has 127 heavy (non-hydrogen) atoms. The van der Waals surface area contributed by atoms with Crippen LogP contribution in [0.25, 0.3) is 93.9 Å². The molecule has 23 aromatic rings. The molecule has 8 heteroatoms. The zero-order chi connectivity index (χ0) is 84.3. The summed E-state index contributed by atoms with van der Waals surface area (Å²) in [6.07, 6.45) is 0. The highest BCUT2D eigenvalue weighted by Gasteiger charge is 2.47. The number of hydrogen-bond donors (Lipinski definition) is 0. The molecule has 0 amide bonds. The molecular formula is C119H86N4Si4. The van der Waals surface area contributed by atoms with Crippen molar-refractivity contribution in [3.05, 3.63) is 522 Å². The highest BCUT2D eigenvalue weighted by atomic mass is 28.3. The molecule has 0 unspecified atom stereocenters. The van der Waals surface area contributed by atoms with Crippen molar-refractivity contribution in [3.8, 4) is 28.5 Å². The lowest BCUT2D eigenvalue weighted by atomic mass is 10.1. The van der Waals surface area contributed by atoms with Gasteiger partial charge in [-0.2, -0.15) is 0 Å². The number of benzene rings is 19. The summed E-state index contributed by atoms with van der Waals surface area (Å²) in [6.45, 7) is 0. The SMILES string of the molecule is c1ccc([Si](c2ccccc2)(c2ccccc2)c2ccc3c(c2)c2cc([Si](c4ccccc4)(c4ccccc4)c4ccccc4)ccc2n3-c2cc(-c3cccc(-n4c5ccccc5c5ccccc54)c3)cc(-n3c4ccc([Si](c5ccccc5)(c5ccccc5)c5ccccc5)cc4c4cc([Si](c5ccccc5)(c5ccccc5)c5ccccc5)ccc43)n2)cc1. The Morgan fingerprint density at radius 3 is 0.567 bits per heavy atom. The van der Waals surface area contributed by atoms with Crippen LogP contribution in [0.2, 0.25) is 0 Å². The predicted molar refractivity (Wildman–Crippen MR) is 547 cm³/mol. The fraction of sp³-hybridized carbons (Fsp3) is 0. The highest BCUT2D eigenvalue weighted by molar-refractivity contribution is 7.22. The van der Waals surface area contributed by atoms with Crippen molar-refractivity contribution in [2.75, 3.05) is 0 Å². The third-order valence-electron chi connectivity index (χ3n) is 27.0. The number of fused-ring (bicyclic) bond motifs is 9. The molecule has 598 valence electrons. The maximum absolute atomic E-state index is 6.41. The molecule has 0 bridgehead atoms. The smallest absolute Gasteiger partial charge is 0.179 e. The van der Waals surface area contributed by atoms with Crippen LogP contribution in [0.4, 0.5) is 0 Å². The summed E-state index contributed by atoms with van der Waals surface area (Å²) in [7, 11) is -12.6. The van der Waals surface area contributed by atoms with Gasteiger partial charge in [0.05, 0.1) is 33.1 Å². The van der Waals surface area contributed by atoms with Gasteiger partial charge in [0, 0.05) is 38.0 Å². The first-order chi connectivity index (χ1) is 63.0. The monoisotopic (exact) mass is 1680 g/mol. The van der Waals surface area contributed by atoms with E-state index in [0.29, 0.717) is 0 Å². The molecule has 0 atom stereocenters. The van der Waals surface area contributed by atoms with E-state index in [1.165, 1.54) is 93.8 Å². The second-order valence-corrected chi connectivity index (χ2v) is 48.7. The lowest BCUT2D eigenvalue weighted by Gasteiger charge is -2.34. The Balaban J connectivity index is 0.860. The summed E-state index contributed by atoms with van der Waals surface area (Å²) in [5, 5.41) is 27.9. The van der Waals surface area contributed by atoms with E-state index >= 15 is 0 Å². The van der Waals surface area contributed by atoms with Gasteiger partial charge in [0.1, 0.15) is 11.6 Å². The molecule has 0 aliphatic heterocycles. The van der Waals surface area contributed by atoms with Gasteiger partial charge in [-0.15, -0.1) is 0 Å². The van der Waals surface area contributed by atoms with Crippen LogP contribution < -0.4 is 83.0 Å². The molecule has 0 spiro atoms. The Morgan fingerprint density at radius 1 is 0.134 bits per heavy atom. The standard InChI is InChI=1S/C119H86N4Si4/c1-13-44-90(45-14-1)124(91-46-15-2-16-47-91,92-48-17-3-18-49-92)102-72-76-114-108(83-102)109-84-103(125(93-50-19-4-20-51-93,94-52-21-5-22-53-94)95-54-23-6-24-55-95)73-77-115(109)122(114)118-81-88(87-42-41-43-89(80-87)121-112-70-39-37-68-106(112)107-69-38-40-71-113(107)121)82-119(120-118)123-116-78-74-104(126(96-56-25-7-26-57-96,97-58-27-8-28-59-97)98-60-29-9-30-61-98)85-110(116)111-86-105(75-79-117(111)123)127(99-62-31-10-32-63-99,100-64-33-11-34-65-100)101-66-35-12-36-67-101/h1-86H. The minimum atomic E-state index is -3.16. The van der Waals surface area contributed by atoms with E-state index in [1.54, 1.807) is 0 Å². The van der Waals surface area contributed by atoms with E-state index in [4.69, 9.17) is 4.98 Å². The fourth-order valence-corrected chi connectivity index (χ4v) is 40.7. The number of pyridine rings is 1. The van der Waals surface area contributed by atoms with E-state index in [-0.39, 0.29) is 0 Å². The van der Waals surface area contributed by atoms with Crippen molar-refractivity contribution < 1.29 is 0 Å². The van der Waals surface area contributed by atoms with Gasteiger partial charge in [-0.05, 0) is 155 Å². The molecular weight excluding hydrogens is 1600 g/mol. The van der Waals surface area contributed by atoms with Crippen molar-refractivity contribution in [1.29, 1.82) is 0 Å². The highest BCUT2D eigenvalue weighted by Crippen LogP contribution is 2.40. The first kappa shape index (κ1) is 76.5. The second-order valence-electron chi connectivity index (χ2n) is 33.5. The quantitative estimate of drug-likeness (QED) is 0.0552. The molecule has 23 rings (SSSR count). The van der Waals surface area contributed by atoms with E-state index in [2.05, 4.69) is 535 Å². The van der Waals surface area contributed by atoms with E-state index < -0.39 is 32.3 Å². The summed E-state index contributed by atoms with van der Waals surface area (Å²) in [6, 6.07) is 198. The van der Waals surface area contributed by atoms with Gasteiger partial charge >= 0.3 is 0 Å². The Labute approximate surface area is 743 Å². The zero-order valence-corrected chi connectivity index (χ0v) is 73.9. The molecule has 0 saturated carbocycles. The largest absolute Gasteiger partial charge is 0.309 e. The molecule has 0 radical (unpaired) electrons. The zero-order valence-electron chi connectivity index (χ0n) is 69.9. The van der Waals surface area contributed by atoms with Gasteiger partial charge in [0.2, 0.25) is 0 Å². The number of nitrogens with zero attached hydrogens (tertiary/aromatic N) is 4. The Morgan fingerprint density at radius 2 is 0.339 bits per heavy atom. The molecule has 0 aliphatic rings. The van der Waals surface area contributed by atoms with Gasteiger partial charge in [0.15, 0.2) is 32.3 Å². The number of rotatable bonds is 20. The summed E-state index contributed by atoms with van der Waals surface area (Å²) < 4.78 is 7.47. The topological polar surface area (TPSA) is 27.7 Å². The first-order valence-corrected chi connectivity index (χ1v) is 52.0. The van der Waals surface area contributed by atoms with Gasteiger partial charge in [-0.25, -0.2) is 4.98 Å². The van der Waals surface area contributed by atoms with E-state index in [1.807, 2.05) is 0 Å². The first-order valence-electron chi connectivity index (χ1n) is 44.0. The van der Waals surface area contributed by atoms with Crippen LogP contribution in [-0.4, -0.2) is 51.0 Å². The maximum Gasteiger partial charge on any atom is 0.179 e. The van der Waals surface area contributed by atoms with Crippen LogP contribution in [0.15, 0.2) is 522 Å². The summed E-state index contributed by atoms with van der Waals surface area (Å²) in [4.78, 5) is 6.41. The molecule has 0 fully saturated rings. The van der Waals surface area contributed by atoms with Gasteiger partial charge in [-0.1, -0.05) is 461 Å². The third-order valence-corrected chi connectivity index (χ3v) is 46.1. The van der Waals surface area contributed by atoms with Crippen LogP contribution >= 0.6 is 0 Å². The van der Waals surface area contributed by atoms with Crippen molar-refractivity contribution in [1.82, 2.24) is 18.7 Å². The summed E-state index contributed by atoms with van der Waals surface area (Å²) in [5.41, 5.74) is 9.67. The molecule has 0 aliphatic carbocycles. The Hall–Kier alpha value is -15.4. The van der Waals surface area contributed by atoms with Crippen molar-refractivity contribution in [2.45, 2.75) is 0 Å². The minimum absolute atomic E-state index is 0.793. The molecule has 0 saturated heterocycles. The van der Waals surface area contributed by atoms with E-state index in [0.717, 1.165) is 83.1 Å². The Kier molecular flexibility index (Phi) is 19.3. The molecule has 19 aromatic carbocycles. The number of aromatic nitrogens is 4. The molecule has 4 aromatic heterocycles. The lowest BCUT2D eigenvalue weighted by Crippen LogP contribution is -2.74. The molecule has 4 heterocycles. The van der Waals surface area contributed by atoms with Crippen molar-refractivity contribution >= 4 is 181 Å². The van der Waals surface area contributed by atoms with Crippen LogP contribution in [0.5, 0.6) is 0 Å². The Bertz CT molecular complexity index is 6760. The van der Waals surface area contributed by atoms with E-state index in [9.17, 15) is 0 Å². The van der Waals surface area contributed by atoms with Crippen LogP contribution in [0.1, 0.15) is 0 Å². The average Bonchev–Trinajstić information content (AvgIpc) is 1.60. The third kappa shape index (κ3) is 12.4. The van der Waals surface area contributed by atoms with Gasteiger partial charge in [0.25, 0.3) is 0 Å². The summed E-state index contributed by atoms with van der Waals surface area (Å²) in [5.74, 6) is 1.59. The number of para-hydroxylation sites is 2. The fourth-order valence-electron chi connectivity index (χ4n) is 21.7. The van der Waals surface area contributed by atoms with Crippen molar-refractivity contribution in [2.24, 2.45) is 0 Å². The second kappa shape index (κ2) is 32.0. The molecule has 4 nitrogen and oxygen atoms in total. The van der Waals surface area contributed by atoms with Crippen LogP contribution in [0.3, 0.4) is 0 Å². The van der Waals surface area contributed by atoms with Crippen molar-refractivity contribution in [3.63, 3.8) is 0 Å². The number of hydrogen-bond acceptors (Lipinski definition) is 1. The van der Waals surface area contributed by atoms with Gasteiger partial charge in [-0.3, -0.25) is 9.13 Å².